The number of rotatable bonds is 9. The van der Waals surface area contributed by atoms with E-state index in [0.29, 0.717) is 6.54 Å². The number of esters is 1. The van der Waals surface area contributed by atoms with Gasteiger partial charge in [-0.1, -0.05) is 56.3 Å². The number of carbonyl (C=O) groups is 2. The first kappa shape index (κ1) is 26.4. The Hall–Kier alpha value is -2.86. The molecule has 0 fully saturated rings. The van der Waals surface area contributed by atoms with Gasteiger partial charge < -0.3 is 9.47 Å². The SMILES string of the molecule is CC(C)[C@@H](C(=O)OCc1ccccc1)N(C)CCc1ccc(N(C)C(=O)OC(C)(C)C)cc1. The molecule has 1 atom stereocenters. The van der Waals surface area contributed by atoms with Gasteiger partial charge in [0.2, 0.25) is 0 Å². The lowest BCUT2D eigenvalue weighted by Crippen LogP contribution is -2.44. The van der Waals surface area contributed by atoms with Crippen molar-refractivity contribution < 1.29 is 19.1 Å². The van der Waals surface area contributed by atoms with E-state index in [-0.39, 0.29) is 30.6 Å². The molecular weight excluding hydrogens is 416 g/mol. The second-order valence-corrected chi connectivity index (χ2v) is 9.72. The molecule has 2 aromatic rings. The van der Waals surface area contributed by atoms with Gasteiger partial charge >= 0.3 is 12.1 Å². The van der Waals surface area contributed by atoms with E-state index in [1.165, 1.54) is 4.90 Å². The maximum atomic E-state index is 12.8. The van der Waals surface area contributed by atoms with Crippen LogP contribution in [0.25, 0.3) is 0 Å². The van der Waals surface area contributed by atoms with E-state index in [1.54, 1.807) is 7.05 Å². The first-order chi connectivity index (χ1) is 15.5. The van der Waals surface area contributed by atoms with E-state index < -0.39 is 5.60 Å². The average Bonchev–Trinajstić information content (AvgIpc) is 2.75. The van der Waals surface area contributed by atoms with Crippen LogP contribution in [0.4, 0.5) is 10.5 Å². The summed E-state index contributed by atoms with van der Waals surface area (Å²) in [4.78, 5) is 28.6. The van der Waals surface area contributed by atoms with Gasteiger partial charge in [0, 0.05) is 19.3 Å². The van der Waals surface area contributed by atoms with Crippen molar-refractivity contribution in [2.45, 2.75) is 59.3 Å². The lowest BCUT2D eigenvalue weighted by Gasteiger charge is -2.29. The van der Waals surface area contributed by atoms with Crippen LogP contribution in [0.3, 0.4) is 0 Å². The molecule has 0 heterocycles. The maximum absolute atomic E-state index is 12.8. The van der Waals surface area contributed by atoms with Gasteiger partial charge in [0.15, 0.2) is 0 Å². The minimum absolute atomic E-state index is 0.128. The van der Waals surface area contributed by atoms with Crippen molar-refractivity contribution in [2.24, 2.45) is 5.92 Å². The molecular formula is C27H38N2O4. The van der Waals surface area contributed by atoms with Gasteiger partial charge in [-0.25, -0.2) is 4.79 Å². The molecule has 180 valence electrons. The molecule has 0 aliphatic carbocycles. The Bertz CT molecular complexity index is 889. The standard InChI is InChI=1S/C27H38N2O4/c1-20(2)24(25(30)32-19-22-11-9-8-10-12-22)28(6)18-17-21-13-15-23(16-14-21)29(7)26(31)33-27(3,4)5/h8-16,20,24H,17-19H2,1-7H3/t24-/m0/s1. The second kappa shape index (κ2) is 11.8. The molecule has 0 saturated carbocycles. The van der Waals surface area contributed by atoms with Gasteiger partial charge in [-0.2, -0.15) is 0 Å². The van der Waals surface area contributed by atoms with E-state index in [2.05, 4.69) is 4.90 Å². The lowest BCUT2D eigenvalue weighted by molar-refractivity contribution is -0.152. The minimum Gasteiger partial charge on any atom is -0.460 e. The number of likely N-dealkylation sites (N-methyl/N-ethyl adjacent to an activating group) is 1. The number of carbonyl (C=O) groups excluding carboxylic acids is 2. The fraction of sp³-hybridized carbons (Fsp3) is 0.481. The zero-order valence-corrected chi connectivity index (χ0v) is 21.0. The number of nitrogens with zero attached hydrogens (tertiary/aromatic N) is 2. The third kappa shape index (κ3) is 8.54. The molecule has 0 aliphatic heterocycles. The van der Waals surface area contributed by atoms with Crippen LogP contribution >= 0.6 is 0 Å². The Morgan fingerprint density at radius 3 is 2.06 bits per heavy atom. The van der Waals surface area contributed by atoms with Crippen LogP contribution in [0.5, 0.6) is 0 Å². The number of anilines is 1. The largest absolute Gasteiger partial charge is 0.460 e. The van der Waals surface area contributed by atoms with E-state index in [1.807, 2.05) is 96.3 Å². The summed E-state index contributed by atoms with van der Waals surface area (Å²) in [6.45, 7) is 10.6. The van der Waals surface area contributed by atoms with E-state index in [9.17, 15) is 9.59 Å². The Morgan fingerprint density at radius 2 is 1.52 bits per heavy atom. The third-order valence-corrected chi connectivity index (χ3v) is 5.32. The van der Waals surface area contributed by atoms with Crippen molar-refractivity contribution in [3.8, 4) is 0 Å². The lowest BCUT2D eigenvalue weighted by atomic mass is 10.0. The maximum Gasteiger partial charge on any atom is 0.414 e. The normalized spacial score (nSPS) is 12.5. The molecule has 0 spiro atoms. The van der Waals surface area contributed by atoms with Crippen molar-refractivity contribution in [1.82, 2.24) is 4.90 Å². The van der Waals surface area contributed by atoms with Gasteiger partial charge in [0.25, 0.3) is 0 Å². The first-order valence-corrected chi connectivity index (χ1v) is 11.4. The van der Waals surface area contributed by atoms with E-state index >= 15 is 0 Å². The molecule has 1 amide bonds. The summed E-state index contributed by atoms with van der Waals surface area (Å²) < 4.78 is 11.0. The molecule has 0 saturated heterocycles. The van der Waals surface area contributed by atoms with Crippen molar-refractivity contribution in [3.05, 3.63) is 65.7 Å². The number of hydrogen-bond acceptors (Lipinski definition) is 5. The molecule has 6 heteroatoms. The van der Waals surface area contributed by atoms with Gasteiger partial charge in [0.1, 0.15) is 18.2 Å². The highest BCUT2D eigenvalue weighted by Gasteiger charge is 2.28. The first-order valence-electron chi connectivity index (χ1n) is 11.4. The Kier molecular flexibility index (Phi) is 9.47. The fourth-order valence-corrected chi connectivity index (χ4v) is 3.54. The van der Waals surface area contributed by atoms with Crippen molar-refractivity contribution in [2.75, 3.05) is 25.5 Å². The average molecular weight is 455 g/mol. The summed E-state index contributed by atoms with van der Waals surface area (Å²) in [5.41, 5.74) is 2.34. The summed E-state index contributed by atoms with van der Waals surface area (Å²) in [7, 11) is 3.66. The number of amides is 1. The van der Waals surface area contributed by atoms with Gasteiger partial charge in [0.05, 0.1) is 0 Å². The van der Waals surface area contributed by atoms with Crippen LogP contribution in [0, 0.1) is 5.92 Å². The van der Waals surface area contributed by atoms with Crippen LogP contribution < -0.4 is 4.90 Å². The highest BCUT2D eigenvalue weighted by atomic mass is 16.6. The van der Waals surface area contributed by atoms with E-state index in [4.69, 9.17) is 9.47 Å². The molecule has 33 heavy (non-hydrogen) atoms. The van der Waals surface area contributed by atoms with Crippen LogP contribution in [-0.2, 0) is 27.3 Å². The molecule has 0 unspecified atom stereocenters. The van der Waals surface area contributed by atoms with Crippen molar-refractivity contribution >= 4 is 17.7 Å². The molecule has 0 aromatic heterocycles. The molecule has 0 N–H and O–H groups in total. The summed E-state index contributed by atoms with van der Waals surface area (Å²) >= 11 is 0. The molecule has 0 radical (unpaired) electrons. The third-order valence-electron chi connectivity index (χ3n) is 5.32. The molecule has 0 aliphatic rings. The number of hydrogen-bond donors (Lipinski definition) is 0. The minimum atomic E-state index is -0.537. The number of benzene rings is 2. The van der Waals surface area contributed by atoms with Gasteiger partial charge in [-0.3, -0.25) is 14.6 Å². The van der Waals surface area contributed by atoms with Crippen molar-refractivity contribution in [3.63, 3.8) is 0 Å². The highest BCUT2D eigenvalue weighted by molar-refractivity contribution is 5.87. The summed E-state index contributed by atoms with van der Waals surface area (Å²) in [6, 6.07) is 17.2. The Balaban J connectivity index is 1.92. The fourth-order valence-electron chi connectivity index (χ4n) is 3.54. The number of ether oxygens (including phenoxy) is 2. The molecule has 0 bridgehead atoms. The highest BCUT2D eigenvalue weighted by Crippen LogP contribution is 2.19. The predicted molar refractivity (Wildman–Crippen MR) is 132 cm³/mol. The zero-order chi connectivity index (χ0) is 24.6. The van der Waals surface area contributed by atoms with Crippen LogP contribution in [0.15, 0.2) is 54.6 Å². The predicted octanol–water partition coefficient (Wildman–Crippen LogP) is 5.30. The molecule has 2 rings (SSSR count). The van der Waals surface area contributed by atoms with Crippen LogP contribution in [0.1, 0.15) is 45.7 Å². The molecule has 2 aromatic carbocycles. The molecule has 6 nitrogen and oxygen atoms in total. The van der Waals surface area contributed by atoms with Gasteiger partial charge in [-0.15, -0.1) is 0 Å². The van der Waals surface area contributed by atoms with Crippen LogP contribution in [-0.4, -0.2) is 49.2 Å². The Labute approximate surface area is 198 Å². The van der Waals surface area contributed by atoms with Crippen LogP contribution in [0.2, 0.25) is 0 Å². The topological polar surface area (TPSA) is 59.1 Å². The van der Waals surface area contributed by atoms with E-state index in [0.717, 1.165) is 23.2 Å². The summed E-state index contributed by atoms with van der Waals surface area (Å²) in [6.07, 6.45) is 0.394. The zero-order valence-electron chi connectivity index (χ0n) is 21.0. The van der Waals surface area contributed by atoms with Crippen molar-refractivity contribution in [1.29, 1.82) is 0 Å². The Morgan fingerprint density at radius 1 is 0.909 bits per heavy atom. The monoisotopic (exact) mass is 454 g/mol. The summed E-state index contributed by atoms with van der Waals surface area (Å²) in [5.74, 6) is -0.0752. The van der Waals surface area contributed by atoms with Gasteiger partial charge in [-0.05, 0) is 63.4 Å². The second-order valence-electron chi connectivity index (χ2n) is 9.72. The smallest absolute Gasteiger partial charge is 0.414 e. The quantitative estimate of drug-likeness (QED) is 0.481. The summed E-state index contributed by atoms with van der Waals surface area (Å²) in [5, 5.41) is 0.